The lowest BCUT2D eigenvalue weighted by molar-refractivity contribution is 0.253. The minimum Gasteiger partial charge on any atom is -0.394 e. The van der Waals surface area contributed by atoms with Crippen LogP contribution >= 0.6 is 11.3 Å². The number of likely N-dealkylation sites (N-methyl/N-ethyl adjacent to an activating group) is 1. The molecule has 1 rings (SSSR count). The molecule has 0 aliphatic carbocycles. The Morgan fingerprint density at radius 3 is 3.00 bits per heavy atom. The normalized spacial score (nSPS) is 13.4. The van der Waals surface area contributed by atoms with Crippen LogP contribution in [0.2, 0.25) is 0 Å². The molecular weight excluding hydrogens is 146 g/mol. The highest BCUT2D eigenvalue weighted by molar-refractivity contribution is 7.10. The SMILES string of the molecule is CN[C@H](CO)c1cccs1. The van der Waals surface area contributed by atoms with E-state index in [4.69, 9.17) is 5.11 Å². The number of nitrogens with one attached hydrogen (secondary N) is 1. The Morgan fingerprint density at radius 1 is 1.80 bits per heavy atom. The second-order valence-corrected chi connectivity index (χ2v) is 3.02. The molecule has 0 saturated carbocycles. The van der Waals surface area contributed by atoms with Gasteiger partial charge in [-0.1, -0.05) is 6.07 Å². The molecule has 0 radical (unpaired) electrons. The van der Waals surface area contributed by atoms with E-state index >= 15 is 0 Å². The van der Waals surface area contributed by atoms with Crippen molar-refractivity contribution in [3.05, 3.63) is 22.4 Å². The molecule has 0 aliphatic heterocycles. The second-order valence-electron chi connectivity index (χ2n) is 2.04. The minimum atomic E-state index is 0.111. The molecule has 0 aliphatic rings. The zero-order valence-electron chi connectivity index (χ0n) is 5.87. The summed E-state index contributed by atoms with van der Waals surface area (Å²) in [5.74, 6) is 0. The van der Waals surface area contributed by atoms with Crippen molar-refractivity contribution in [1.29, 1.82) is 0 Å². The Kier molecular flexibility index (Phi) is 2.86. The van der Waals surface area contributed by atoms with Gasteiger partial charge in [-0.2, -0.15) is 0 Å². The van der Waals surface area contributed by atoms with Gasteiger partial charge in [-0.3, -0.25) is 0 Å². The van der Waals surface area contributed by atoms with E-state index in [-0.39, 0.29) is 12.6 Å². The highest BCUT2D eigenvalue weighted by Gasteiger charge is 2.06. The molecule has 0 fully saturated rings. The molecule has 1 aromatic rings. The Hall–Kier alpha value is -0.380. The summed E-state index contributed by atoms with van der Waals surface area (Å²) < 4.78 is 0. The zero-order chi connectivity index (χ0) is 7.40. The van der Waals surface area contributed by atoms with Crippen LogP contribution in [0.15, 0.2) is 17.5 Å². The average molecular weight is 157 g/mol. The van der Waals surface area contributed by atoms with Crippen molar-refractivity contribution in [2.24, 2.45) is 0 Å². The van der Waals surface area contributed by atoms with Crippen LogP contribution < -0.4 is 5.32 Å². The van der Waals surface area contributed by atoms with Crippen molar-refractivity contribution in [2.45, 2.75) is 6.04 Å². The summed E-state index contributed by atoms with van der Waals surface area (Å²) in [5, 5.41) is 13.9. The molecule has 2 nitrogen and oxygen atoms in total. The van der Waals surface area contributed by atoms with Gasteiger partial charge in [-0.05, 0) is 18.5 Å². The summed E-state index contributed by atoms with van der Waals surface area (Å²) in [6.45, 7) is 0.164. The number of rotatable bonds is 3. The number of thiophene rings is 1. The lowest BCUT2D eigenvalue weighted by atomic mass is 10.2. The largest absolute Gasteiger partial charge is 0.394 e. The molecule has 0 unspecified atom stereocenters. The predicted octanol–water partition coefficient (Wildman–Crippen LogP) is 1.00. The van der Waals surface area contributed by atoms with Gasteiger partial charge in [0.1, 0.15) is 0 Å². The van der Waals surface area contributed by atoms with E-state index in [1.54, 1.807) is 11.3 Å². The fraction of sp³-hybridized carbons (Fsp3) is 0.429. The molecular formula is C7H11NOS. The quantitative estimate of drug-likeness (QED) is 0.686. The van der Waals surface area contributed by atoms with Crippen molar-refractivity contribution >= 4 is 11.3 Å². The summed E-state index contributed by atoms with van der Waals surface area (Å²) >= 11 is 1.66. The van der Waals surface area contributed by atoms with Crippen LogP contribution in [0.25, 0.3) is 0 Å². The van der Waals surface area contributed by atoms with Gasteiger partial charge in [0, 0.05) is 4.88 Å². The van der Waals surface area contributed by atoms with E-state index < -0.39 is 0 Å². The number of hydrogen-bond acceptors (Lipinski definition) is 3. The van der Waals surface area contributed by atoms with Crippen molar-refractivity contribution in [3.8, 4) is 0 Å². The minimum absolute atomic E-state index is 0.111. The molecule has 0 aromatic carbocycles. The molecule has 3 heteroatoms. The van der Waals surface area contributed by atoms with Gasteiger partial charge in [-0.25, -0.2) is 0 Å². The Morgan fingerprint density at radius 2 is 2.60 bits per heavy atom. The van der Waals surface area contributed by atoms with Crippen LogP contribution in [0.5, 0.6) is 0 Å². The van der Waals surface area contributed by atoms with Crippen LogP contribution in [0.3, 0.4) is 0 Å². The van der Waals surface area contributed by atoms with Crippen molar-refractivity contribution in [2.75, 3.05) is 13.7 Å². The zero-order valence-corrected chi connectivity index (χ0v) is 6.69. The van der Waals surface area contributed by atoms with Crippen LogP contribution in [0.1, 0.15) is 10.9 Å². The van der Waals surface area contributed by atoms with E-state index in [1.165, 1.54) is 4.88 Å². The molecule has 1 heterocycles. The maximum Gasteiger partial charge on any atom is 0.0647 e. The molecule has 2 N–H and O–H groups in total. The van der Waals surface area contributed by atoms with Crippen LogP contribution in [0.4, 0.5) is 0 Å². The Balaban J connectivity index is 2.64. The van der Waals surface area contributed by atoms with Gasteiger partial charge >= 0.3 is 0 Å². The van der Waals surface area contributed by atoms with Crippen molar-refractivity contribution < 1.29 is 5.11 Å². The highest BCUT2D eigenvalue weighted by Crippen LogP contribution is 2.17. The standard InChI is InChI=1S/C7H11NOS/c1-8-6(5-9)7-3-2-4-10-7/h2-4,6,8-9H,5H2,1H3/t6-/m1/s1. The van der Waals surface area contributed by atoms with E-state index in [9.17, 15) is 0 Å². The third kappa shape index (κ3) is 1.56. The van der Waals surface area contributed by atoms with Gasteiger partial charge in [-0.15, -0.1) is 11.3 Å². The van der Waals surface area contributed by atoms with Crippen LogP contribution in [-0.4, -0.2) is 18.8 Å². The number of hydrogen-bond donors (Lipinski definition) is 2. The molecule has 1 aromatic heterocycles. The summed E-state index contributed by atoms with van der Waals surface area (Å²) in [5.41, 5.74) is 0. The maximum absolute atomic E-state index is 8.84. The second kappa shape index (κ2) is 3.71. The van der Waals surface area contributed by atoms with Crippen molar-refractivity contribution in [1.82, 2.24) is 5.32 Å². The molecule has 56 valence electrons. The molecule has 10 heavy (non-hydrogen) atoms. The van der Waals surface area contributed by atoms with E-state index in [1.807, 2.05) is 24.6 Å². The van der Waals surface area contributed by atoms with Gasteiger partial charge in [0.2, 0.25) is 0 Å². The van der Waals surface area contributed by atoms with Crippen molar-refractivity contribution in [3.63, 3.8) is 0 Å². The van der Waals surface area contributed by atoms with E-state index in [0.717, 1.165) is 0 Å². The fourth-order valence-corrected chi connectivity index (χ4v) is 1.64. The number of aliphatic hydroxyl groups is 1. The molecule has 0 bridgehead atoms. The van der Waals surface area contributed by atoms with E-state index in [2.05, 4.69) is 5.32 Å². The third-order valence-electron chi connectivity index (χ3n) is 1.42. The predicted molar refractivity (Wildman–Crippen MR) is 43.2 cm³/mol. The number of aliphatic hydroxyl groups excluding tert-OH is 1. The lowest BCUT2D eigenvalue weighted by Crippen LogP contribution is -2.18. The first-order chi connectivity index (χ1) is 4.88. The summed E-state index contributed by atoms with van der Waals surface area (Å²) in [6, 6.07) is 4.11. The van der Waals surface area contributed by atoms with E-state index in [0.29, 0.717) is 0 Å². The van der Waals surface area contributed by atoms with Crippen LogP contribution in [-0.2, 0) is 0 Å². The highest BCUT2D eigenvalue weighted by atomic mass is 32.1. The fourth-order valence-electron chi connectivity index (χ4n) is 0.813. The smallest absolute Gasteiger partial charge is 0.0647 e. The Bertz CT molecular complexity index is 170. The summed E-state index contributed by atoms with van der Waals surface area (Å²) in [7, 11) is 1.85. The molecule has 0 saturated heterocycles. The van der Waals surface area contributed by atoms with Gasteiger partial charge in [0.05, 0.1) is 12.6 Å². The first kappa shape index (κ1) is 7.72. The first-order valence-electron chi connectivity index (χ1n) is 3.20. The average Bonchev–Trinajstić information content (AvgIpc) is 2.43. The summed E-state index contributed by atoms with van der Waals surface area (Å²) in [4.78, 5) is 1.19. The monoisotopic (exact) mass is 157 g/mol. The third-order valence-corrected chi connectivity index (χ3v) is 2.40. The molecule has 0 spiro atoms. The first-order valence-corrected chi connectivity index (χ1v) is 4.08. The molecule has 0 amide bonds. The summed E-state index contributed by atoms with van der Waals surface area (Å²) in [6.07, 6.45) is 0. The van der Waals surface area contributed by atoms with Gasteiger partial charge in [0.15, 0.2) is 0 Å². The topological polar surface area (TPSA) is 32.3 Å². The van der Waals surface area contributed by atoms with Gasteiger partial charge < -0.3 is 10.4 Å². The Labute approximate surface area is 64.5 Å². The van der Waals surface area contributed by atoms with Gasteiger partial charge in [0.25, 0.3) is 0 Å². The van der Waals surface area contributed by atoms with Crippen LogP contribution in [0, 0.1) is 0 Å². The molecule has 1 atom stereocenters. The lowest BCUT2D eigenvalue weighted by Gasteiger charge is -2.09. The maximum atomic E-state index is 8.84.